The average molecular weight is 591 g/mol. The van der Waals surface area contributed by atoms with Crippen LogP contribution in [0.4, 0.5) is 10.5 Å². The van der Waals surface area contributed by atoms with Crippen LogP contribution in [-0.4, -0.2) is 40.9 Å². The number of aromatic nitrogens is 1. The average Bonchev–Trinajstić information content (AvgIpc) is 3.53. The zero-order chi connectivity index (χ0) is 29.7. The summed E-state index contributed by atoms with van der Waals surface area (Å²) in [6.45, 7) is 0.199. The second-order valence-electron chi connectivity index (χ2n) is 10.6. The SMILES string of the molecule is COc1ccc(C2c3[nH]c4ccccc4c3CC3C(=O)N(c4ccccc4C(=O)NCc4ccccc4Cl)C(=O)N32)cc1. The summed E-state index contributed by atoms with van der Waals surface area (Å²) in [4.78, 5) is 48.3. The van der Waals surface area contributed by atoms with E-state index in [4.69, 9.17) is 16.3 Å². The first-order valence-corrected chi connectivity index (χ1v) is 14.3. The zero-order valence-corrected chi connectivity index (χ0v) is 24.0. The molecule has 0 aliphatic carbocycles. The van der Waals surface area contributed by atoms with Gasteiger partial charge in [-0.1, -0.05) is 72.3 Å². The number of aromatic amines is 1. The van der Waals surface area contributed by atoms with Gasteiger partial charge in [-0.15, -0.1) is 0 Å². The van der Waals surface area contributed by atoms with Crippen molar-refractivity contribution in [2.75, 3.05) is 12.0 Å². The first-order chi connectivity index (χ1) is 21.0. The van der Waals surface area contributed by atoms with Crippen molar-refractivity contribution < 1.29 is 19.1 Å². The lowest BCUT2D eigenvalue weighted by molar-refractivity contribution is -0.120. The molecule has 0 radical (unpaired) electrons. The predicted octanol–water partition coefficient (Wildman–Crippen LogP) is 6.24. The monoisotopic (exact) mass is 590 g/mol. The summed E-state index contributed by atoms with van der Waals surface area (Å²) in [7, 11) is 1.60. The van der Waals surface area contributed by atoms with Gasteiger partial charge >= 0.3 is 6.03 Å². The van der Waals surface area contributed by atoms with E-state index in [2.05, 4.69) is 10.3 Å². The van der Waals surface area contributed by atoms with Crippen LogP contribution in [0.2, 0.25) is 5.02 Å². The van der Waals surface area contributed by atoms with Gasteiger partial charge in [-0.2, -0.15) is 0 Å². The number of nitrogens with one attached hydrogen (secondary N) is 2. The molecule has 2 aliphatic rings. The number of H-pyrrole nitrogens is 1. The van der Waals surface area contributed by atoms with Crippen molar-refractivity contribution in [3.8, 4) is 5.75 Å². The van der Waals surface area contributed by atoms with Crippen LogP contribution in [0.5, 0.6) is 5.75 Å². The summed E-state index contributed by atoms with van der Waals surface area (Å²) in [5.74, 6) is -0.0927. The fourth-order valence-electron chi connectivity index (χ4n) is 6.20. The number of ether oxygens (including phenoxy) is 1. The molecule has 5 aromatic rings. The van der Waals surface area contributed by atoms with Gasteiger partial charge in [0.05, 0.1) is 18.4 Å². The number of anilines is 1. The molecule has 2 aliphatic heterocycles. The minimum atomic E-state index is -0.745. The number of rotatable bonds is 6. The first kappa shape index (κ1) is 26.8. The molecule has 1 fully saturated rings. The van der Waals surface area contributed by atoms with E-state index in [0.717, 1.165) is 38.2 Å². The van der Waals surface area contributed by atoms with Gasteiger partial charge in [0.15, 0.2) is 0 Å². The van der Waals surface area contributed by atoms with Crippen LogP contribution in [0.15, 0.2) is 97.1 Å². The summed E-state index contributed by atoms with van der Waals surface area (Å²) in [5.41, 5.74) is 4.89. The van der Waals surface area contributed by atoms with Crippen LogP contribution in [0, 0.1) is 0 Å². The van der Waals surface area contributed by atoms with Crippen molar-refractivity contribution in [3.05, 3.63) is 130 Å². The lowest BCUT2D eigenvalue weighted by Crippen LogP contribution is -2.44. The highest BCUT2D eigenvalue weighted by molar-refractivity contribution is 6.31. The smallest absolute Gasteiger partial charge is 0.332 e. The zero-order valence-electron chi connectivity index (χ0n) is 23.2. The van der Waals surface area contributed by atoms with E-state index in [1.54, 1.807) is 42.3 Å². The molecule has 0 spiro atoms. The molecule has 8 nitrogen and oxygen atoms in total. The Morgan fingerprint density at radius 1 is 0.953 bits per heavy atom. The number of para-hydroxylation sites is 2. The van der Waals surface area contributed by atoms with E-state index in [1.807, 2.05) is 66.7 Å². The summed E-state index contributed by atoms with van der Waals surface area (Å²) in [6.07, 6.45) is 0.355. The van der Waals surface area contributed by atoms with Crippen LogP contribution in [0.25, 0.3) is 10.9 Å². The molecule has 214 valence electrons. The molecule has 2 N–H and O–H groups in total. The number of amides is 4. The molecule has 2 atom stereocenters. The van der Waals surface area contributed by atoms with Gasteiger partial charge < -0.3 is 15.0 Å². The highest BCUT2D eigenvalue weighted by Gasteiger charge is 2.53. The Kier molecular flexibility index (Phi) is 6.63. The minimum absolute atomic E-state index is 0.199. The maximum atomic E-state index is 14.3. The van der Waals surface area contributed by atoms with Crippen molar-refractivity contribution in [1.82, 2.24) is 15.2 Å². The number of nitrogens with zero attached hydrogens (tertiary/aromatic N) is 2. The van der Waals surface area contributed by atoms with Crippen LogP contribution < -0.4 is 15.0 Å². The lowest BCUT2D eigenvalue weighted by Gasteiger charge is -2.36. The number of hydrogen-bond donors (Lipinski definition) is 2. The molecule has 43 heavy (non-hydrogen) atoms. The lowest BCUT2D eigenvalue weighted by atomic mass is 9.89. The Balaban J connectivity index is 1.28. The number of urea groups is 1. The Labute approximate surface area is 252 Å². The van der Waals surface area contributed by atoms with Crippen molar-refractivity contribution in [2.24, 2.45) is 0 Å². The van der Waals surface area contributed by atoms with Gasteiger partial charge in [0.1, 0.15) is 17.8 Å². The number of methoxy groups -OCH3 is 1. The third-order valence-corrected chi connectivity index (χ3v) is 8.64. The third kappa shape index (κ3) is 4.42. The van der Waals surface area contributed by atoms with Crippen molar-refractivity contribution >= 4 is 46.0 Å². The van der Waals surface area contributed by atoms with Gasteiger partial charge in [-0.3, -0.25) is 14.5 Å². The Bertz CT molecular complexity index is 1900. The first-order valence-electron chi connectivity index (χ1n) is 14.0. The fraction of sp³-hybridized carbons (Fsp3) is 0.147. The Hall–Kier alpha value is -5.08. The second-order valence-corrected chi connectivity index (χ2v) is 11.0. The van der Waals surface area contributed by atoms with Crippen LogP contribution >= 0.6 is 11.6 Å². The largest absolute Gasteiger partial charge is 0.497 e. The number of benzene rings is 4. The van der Waals surface area contributed by atoms with E-state index in [0.29, 0.717) is 17.2 Å². The molecule has 0 saturated carbocycles. The predicted molar refractivity (Wildman–Crippen MR) is 164 cm³/mol. The number of hydrogen-bond acceptors (Lipinski definition) is 4. The molecule has 4 amide bonds. The molecule has 3 heterocycles. The number of carbonyl (C=O) groups excluding carboxylic acids is 3. The van der Waals surface area contributed by atoms with Crippen molar-refractivity contribution in [3.63, 3.8) is 0 Å². The van der Waals surface area contributed by atoms with Crippen molar-refractivity contribution in [2.45, 2.75) is 25.0 Å². The summed E-state index contributed by atoms with van der Waals surface area (Å²) in [6, 6.07) is 27.6. The number of imide groups is 1. The molecule has 4 aromatic carbocycles. The number of halogens is 1. The molecule has 1 saturated heterocycles. The highest BCUT2D eigenvalue weighted by atomic mass is 35.5. The topological polar surface area (TPSA) is 94.7 Å². The molecule has 1 aromatic heterocycles. The summed E-state index contributed by atoms with van der Waals surface area (Å²) >= 11 is 6.28. The normalized spacial score (nSPS) is 17.6. The van der Waals surface area contributed by atoms with Gasteiger partial charge in [0.25, 0.3) is 11.8 Å². The fourth-order valence-corrected chi connectivity index (χ4v) is 6.40. The van der Waals surface area contributed by atoms with Gasteiger partial charge in [-0.05, 0) is 53.1 Å². The molecule has 0 bridgehead atoms. The van der Waals surface area contributed by atoms with E-state index in [9.17, 15) is 14.4 Å². The highest BCUT2D eigenvalue weighted by Crippen LogP contribution is 2.45. The molecule has 9 heteroatoms. The molecular weight excluding hydrogens is 564 g/mol. The maximum absolute atomic E-state index is 14.3. The van der Waals surface area contributed by atoms with Gasteiger partial charge in [-0.25, -0.2) is 9.69 Å². The maximum Gasteiger partial charge on any atom is 0.332 e. The van der Waals surface area contributed by atoms with E-state index in [-0.39, 0.29) is 23.7 Å². The molecule has 2 unspecified atom stereocenters. The minimum Gasteiger partial charge on any atom is -0.497 e. The van der Waals surface area contributed by atoms with E-state index in [1.165, 1.54) is 0 Å². The summed E-state index contributed by atoms with van der Waals surface area (Å²) in [5, 5.41) is 4.45. The van der Waals surface area contributed by atoms with E-state index >= 15 is 0 Å². The Morgan fingerprint density at radius 3 is 2.47 bits per heavy atom. The standard InChI is InChI=1S/C34H27ClN4O4/c1-43-22-16-14-20(15-17-22)31-30-25(23-9-3-6-12-27(23)37-30)18-29-33(41)39(34(42)38(29)31)28-13-7-4-10-24(28)32(40)36-19-21-8-2-5-11-26(21)35/h2-17,29,31,37H,18-19H2,1H3,(H,36,40). The van der Waals surface area contributed by atoms with Crippen LogP contribution in [0.3, 0.4) is 0 Å². The van der Waals surface area contributed by atoms with Gasteiger partial charge in [0, 0.05) is 34.6 Å². The van der Waals surface area contributed by atoms with Gasteiger partial charge in [0.2, 0.25) is 0 Å². The van der Waals surface area contributed by atoms with E-state index < -0.39 is 24.0 Å². The molecular formula is C34H27ClN4O4. The third-order valence-electron chi connectivity index (χ3n) is 8.27. The van der Waals surface area contributed by atoms with Crippen LogP contribution in [-0.2, 0) is 17.8 Å². The number of fused-ring (bicyclic) bond motifs is 4. The quantitative estimate of drug-likeness (QED) is 0.229. The summed E-state index contributed by atoms with van der Waals surface area (Å²) < 4.78 is 5.37. The van der Waals surface area contributed by atoms with Crippen molar-refractivity contribution in [1.29, 1.82) is 0 Å². The van der Waals surface area contributed by atoms with Crippen LogP contribution in [0.1, 0.15) is 38.8 Å². The molecule has 7 rings (SSSR count). The number of carbonyl (C=O) groups is 3. The second kappa shape index (κ2) is 10.6. The Morgan fingerprint density at radius 2 is 1.67 bits per heavy atom.